The number of benzene rings is 1. The predicted octanol–water partition coefficient (Wildman–Crippen LogP) is 0.738. The Hall–Kier alpha value is -1.55. The Morgan fingerprint density at radius 3 is 2.64 bits per heavy atom. The van der Waals surface area contributed by atoms with Crippen LogP contribution in [0, 0.1) is 5.41 Å². The molecule has 0 unspecified atom stereocenters. The van der Waals surface area contributed by atoms with Crippen molar-refractivity contribution in [2.75, 3.05) is 14.1 Å². The van der Waals surface area contributed by atoms with Crippen LogP contribution in [0.1, 0.15) is 11.1 Å². The molecular weight excluding hydrogens is 178 g/mol. The molecular formula is C10H15N3O. The fraction of sp³-hybridized carbons (Fsp3) is 0.300. The number of nitrogens with one attached hydrogen (secondary N) is 1. The van der Waals surface area contributed by atoms with E-state index >= 15 is 0 Å². The summed E-state index contributed by atoms with van der Waals surface area (Å²) in [5.41, 5.74) is 6.77. The van der Waals surface area contributed by atoms with Gasteiger partial charge in [0.15, 0.2) is 0 Å². The molecule has 0 heterocycles. The van der Waals surface area contributed by atoms with Gasteiger partial charge in [-0.25, -0.2) is 0 Å². The number of rotatable bonds is 3. The highest BCUT2D eigenvalue weighted by molar-refractivity contribution is 5.95. The van der Waals surface area contributed by atoms with Crippen LogP contribution in [-0.4, -0.2) is 29.9 Å². The Morgan fingerprint density at radius 2 is 2.14 bits per heavy atom. The number of nitrogen functional groups attached to an aromatic ring is 1. The van der Waals surface area contributed by atoms with Gasteiger partial charge in [0, 0.05) is 17.7 Å². The highest BCUT2D eigenvalue weighted by Gasteiger charge is 2.05. The summed E-state index contributed by atoms with van der Waals surface area (Å²) in [7, 11) is 3.83. The first-order valence-corrected chi connectivity index (χ1v) is 4.31. The van der Waals surface area contributed by atoms with Gasteiger partial charge in [0.2, 0.25) is 0 Å². The number of aromatic hydroxyl groups is 1. The number of phenols is 1. The summed E-state index contributed by atoms with van der Waals surface area (Å²) >= 11 is 0. The molecule has 76 valence electrons. The van der Waals surface area contributed by atoms with E-state index in [0.717, 1.165) is 5.56 Å². The molecule has 0 spiro atoms. The van der Waals surface area contributed by atoms with E-state index in [0.29, 0.717) is 12.1 Å². The van der Waals surface area contributed by atoms with Gasteiger partial charge in [0.1, 0.15) is 11.6 Å². The van der Waals surface area contributed by atoms with Crippen molar-refractivity contribution in [1.29, 1.82) is 5.41 Å². The lowest BCUT2D eigenvalue weighted by molar-refractivity contribution is 0.386. The lowest BCUT2D eigenvalue weighted by atomic mass is 10.1. The lowest BCUT2D eigenvalue weighted by Crippen LogP contribution is -2.14. The predicted molar refractivity (Wildman–Crippen MR) is 56.5 cm³/mol. The number of nitrogens with two attached hydrogens (primary N) is 1. The van der Waals surface area contributed by atoms with Gasteiger partial charge in [-0.15, -0.1) is 0 Å². The van der Waals surface area contributed by atoms with Crippen molar-refractivity contribution < 1.29 is 5.11 Å². The number of hydrogen-bond acceptors (Lipinski definition) is 3. The summed E-state index contributed by atoms with van der Waals surface area (Å²) in [5, 5.41) is 16.8. The second-order valence-electron chi connectivity index (χ2n) is 3.49. The van der Waals surface area contributed by atoms with E-state index in [1.165, 1.54) is 0 Å². The van der Waals surface area contributed by atoms with E-state index in [9.17, 15) is 5.11 Å². The molecule has 4 N–H and O–H groups in total. The molecule has 1 aromatic rings. The molecule has 14 heavy (non-hydrogen) atoms. The minimum absolute atomic E-state index is 0.0185. The third-order valence-electron chi connectivity index (χ3n) is 1.88. The molecule has 0 bridgehead atoms. The van der Waals surface area contributed by atoms with E-state index in [1.54, 1.807) is 18.2 Å². The fourth-order valence-corrected chi connectivity index (χ4v) is 1.22. The number of phenolic OH excluding ortho intramolecular Hbond substituents is 1. The van der Waals surface area contributed by atoms with Crippen molar-refractivity contribution in [3.63, 3.8) is 0 Å². The molecule has 1 rings (SSSR count). The van der Waals surface area contributed by atoms with Gasteiger partial charge in [-0.05, 0) is 32.3 Å². The van der Waals surface area contributed by atoms with E-state index < -0.39 is 0 Å². The van der Waals surface area contributed by atoms with Crippen molar-refractivity contribution >= 4 is 5.84 Å². The monoisotopic (exact) mass is 193 g/mol. The van der Waals surface area contributed by atoms with Gasteiger partial charge in [-0.2, -0.15) is 0 Å². The summed E-state index contributed by atoms with van der Waals surface area (Å²) in [5.74, 6) is 0.258. The van der Waals surface area contributed by atoms with E-state index in [-0.39, 0.29) is 11.6 Å². The lowest BCUT2D eigenvalue weighted by Gasteiger charge is -2.12. The largest absolute Gasteiger partial charge is 0.508 e. The number of amidine groups is 1. The van der Waals surface area contributed by atoms with Crippen LogP contribution in [0.25, 0.3) is 0 Å². The zero-order valence-electron chi connectivity index (χ0n) is 8.41. The van der Waals surface area contributed by atoms with Gasteiger partial charge in [-0.1, -0.05) is 0 Å². The van der Waals surface area contributed by atoms with Gasteiger partial charge in [0.25, 0.3) is 0 Å². The van der Waals surface area contributed by atoms with Gasteiger partial charge in [-0.3, -0.25) is 5.41 Å². The van der Waals surface area contributed by atoms with Crippen LogP contribution in [0.4, 0.5) is 0 Å². The smallest absolute Gasteiger partial charge is 0.122 e. The van der Waals surface area contributed by atoms with Crippen molar-refractivity contribution in [2.24, 2.45) is 5.73 Å². The topological polar surface area (TPSA) is 73.3 Å². The SMILES string of the molecule is CN(C)Cc1cc(C(=N)N)ccc1O. The van der Waals surface area contributed by atoms with Crippen molar-refractivity contribution in [1.82, 2.24) is 4.90 Å². The van der Waals surface area contributed by atoms with Crippen molar-refractivity contribution in [2.45, 2.75) is 6.54 Å². The molecule has 0 atom stereocenters. The Kier molecular flexibility index (Phi) is 3.09. The molecule has 0 saturated carbocycles. The zero-order valence-corrected chi connectivity index (χ0v) is 8.41. The van der Waals surface area contributed by atoms with Crippen molar-refractivity contribution in [3.8, 4) is 5.75 Å². The first kappa shape index (κ1) is 10.5. The molecule has 0 amide bonds. The molecule has 0 aliphatic carbocycles. The average molecular weight is 193 g/mol. The zero-order chi connectivity index (χ0) is 10.7. The molecule has 0 saturated heterocycles. The highest BCUT2D eigenvalue weighted by Crippen LogP contribution is 2.19. The van der Waals surface area contributed by atoms with Crippen LogP contribution in [0.5, 0.6) is 5.75 Å². The summed E-state index contributed by atoms with van der Waals surface area (Å²) < 4.78 is 0. The van der Waals surface area contributed by atoms with E-state index in [4.69, 9.17) is 11.1 Å². The quantitative estimate of drug-likeness (QED) is 0.489. The molecule has 0 aromatic heterocycles. The van der Waals surface area contributed by atoms with E-state index in [1.807, 2.05) is 19.0 Å². The van der Waals surface area contributed by atoms with Gasteiger partial charge < -0.3 is 15.7 Å². The Balaban J connectivity index is 3.02. The number of nitrogens with zero attached hydrogens (tertiary/aromatic N) is 1. The Morgan fingerprint density at radius 1 is 1.50 bits per heavy atom. The normalized spacial score (nSPS) is 10.5. The third kappa shape index (κ3) is 2.47. The van der Waals surface area contributed by atoms with Crippen LogP contribution in [0.15, 0.2) is 18.2 Å². The van der Waals surface area contributed by atoms with Crippen LogP contribution in [0.2, 0.25) is 0 Å². The second-order valence-corrected chi connectivity index (χ2v) is 3.49. The molecule has 4 heteroatoms. The molecule has 0 aliphatic rings. The fourth-order valence-electron chi connectivity index (χ4n) is 1.22. The van der Waals surface area contributed by atoms with Crippen LogP contribution in [-0.2, 0) is 6.54 Å². The number of hydrogen-bond donors (Lipinski definition) is 3. The maximum atomic E-state index is 9.53. The van der Waals surface area contributed by atoms with E-state index in [2.05, 4.69) is 0 Å². The summed E-state index contributed by atoms with van der Waals surface area (Å²) in [4.78, 5) is 1.94. The maximum Gasteiger partial charge on any atom is 0.122 e. The summed E-state index contributed by atoms with van der Waals surface area (Å²) in [6.45, 7) is 0.632. The van der Waals surface area contributed by atoms with Crippen LogP contribution in [0.3, 0.4) is 0 Å². The first-order chi connectivity index (χ1) is 6.50. The summed E-state index contributed by atoms with van der Waals surface area (Å²) in [6, 6.07) is 4.93. The Bertz CT molecular complexity index is 347. The standard InChI is InChI=1S/C10H15N3O/c1-13(2)6-8-5-7(10(11)12)3-4-9(8)14/h3-5,14H,6H2,1-2H3,(H3,11,12). The molecule has 4 nitrogen and oxygen atoms in total. The van der Waals surface area contributed by atoms with Crippen LogP contribution >= 0.6 is 0 Å². The van der Waals surface area contributed by atoms with Crippen LogP contribution < -0.4 is 5.73 Å². The average Bonchev–Trinajstić information content (AvgIpc) is 2.07. The first-order valence-electron chi connectivity index (χ1n) is 4.31. The third-order valence-corrected chi connectivity index (χ3v) is 1.88. The Labute approximate surface area is 83.5 Å². The van der Waals surface area contributed by atoms with Gasteiger partial charge in [0.05, 0.1) is 0 Å². The minimum atomic E-state index is 0.0185. The maximum absolute atomic E-state index is 9.53. The second kappa shape index (κ2) is 4.11. The molecule has 0 fully saturated rings. The van der Waals surface area contributed by atoms with Gasteiger partial charge >= 0.3 is 0 Å². The highest BCUT2D eigenvalue weighted by atomic mass is 16.3. The summed E-state index contributed by atoms with van der Waals surface area (Å²) in [6.07, 6.45) is 0. The van der Waals surface area contributed by atoms with Crippen molar-refractivity contribution in [3.05, 3.63) is 29.3 Å². The molecule has 1 aromatic carbocycles. The molecule has 0 radical (unpaired) electrons. The molecule has 0 aliphatic heterocycles. The minimum Gasteiger partial charge on any atom is -0.508 e.